The maximum absolute atomic E-state index is 14.0. The largest absolute Gasteiger partial charge is 0.322 e. The van der Waals surface area contributed by atoms with E-state index in [1.807, 2.05) is 36.4 Å². The van der Waals surface area contributed by atoms with E-state index in [9.17, 15) is 13.6 Å². The van der Waals surface area contributed by atoms with Gasteiger partial charge in [-0.05, 0) is 24.6 Å². The van der Waals surface area contributed by atoms with Crippen LogP contribution < -0.4 is 5.32 Å². The lowest BCUT2D eigenvalue weighted by atomic mass is 10.1. The van der Waals surface area contributed by atoms with Crippen LogP contribution in [0.3, 0.4) is 0 Å². The molecule has 0 aliphatic rings. The third kappa shape index (κ3) is 4.83. The van der Waals surface area contributed by atoms with E-state index in [1.54, 1.807) is 36.0 Å². The molecule has 0 radical (unpaired) electrons. The number of carbonyl (C=O) groups excluding carboxylic acids is 1. The zero-order valence-corrected chi connectivity index (χ0v) is 20.0. The Balaban J connectivity index is 1.39. The Kier molecular flexibility index (Phi) is 6.47. The van der Waals surface area contributed by atoms with Crippen molar-refractivity contribution in [2.45, 2.75) is 26.4 Å². The van der Waals surface area contributed by atoms with Crippen molar-refractivity contribution in [3.8, 4) is 11.3 Å². The van der Waals surface area contributed by atoms with Crippen LogP contribution in [0.2, 0.25) is 5.02 Å². The lowest BCUT2D eigenvalue weighted by Crippen LogP contribution is -2.19. The van der Waals surface area contributed by atoms with Crippen LogP contribution in [0.5, 0.6) is 0 Å². The van der Waals surface area contributed by atoms with Crippen molar-refractivity contribution in [2.75, 3.05) is 5.32 Å². The Bertz CT molecular complexity index is 1550. The number of pyridine rings is 1. The number of anilines is 1. The smallest absolute Gasteiger partial charge is 0.264 e. The van der Waals surface area contributed by atoms with Crippen molar-refractivity contribution in [3.63, 3.8) is 0 Å². The maximum atomic E-state index is 14.0. The number of hydrogen-bond acceptors (Lipinski definition) is 4. The van der Waals surface area contributed by atoms with Crippen LogP contribution in [0.15, 0.2) is 73.1 Å². The lowest BCUT2D eigenvalue weighted by Gasteiger charge is -2.09. The highest BCUT2D eigenvalue weighted by Crippen LogP contribution is 2.33. The van der Waals surface area contributed by atoms with Gasteiger partial charge in [0.25, 0.3) is 6.43 Å². The number of carbonyl (C=O) groups is 1. The summed E-state index contributed by atoms with van der Waals surface area (Å²) in [5, 5.41) is 12.3. The monoisotopic (exact) mass is 506 g/mol. The van der Waals surface area contributed by atoms with E-state index >= 15 is 0 Å². The summed E-state index contributed by atoms with van der Waals surface area (Å²) in [6.45, 7) is 1.88. The lowest BCUT2D eigenvalue weighted by molar-refractivity contribution is -0.116. The summed E-state index contributed by atoms with van der Waals surface area (Å²) in [5.41, 5.74) is 2.92. The molecule has 0 aliphatic heterocycles. The van der Waals surface area contributed by atoms with Gasteiger partial charge in [-0.1, -0.05) is 60.1 Å². The number of hydrogen-bond donors (Lipinski definition) is 1. The number of halogens is 3. The normalized spacial score (nSPS) is 11.4. The highest BCUT2D eigenvalue weighted by Gasteiger charge is 2.22. The first kappa shape index (κ1) is 23.6. The van der Waals surface area contributed by atoms with E-state index in [4.69, 9.17) is 11.6 Å². The van der Waals surface area contributed by atoms with Crippen LogP contribution in [0.1, 0.15) is 23.2 Å². The van der Waals surface area contributed by atoms with Gasteiger partial charge in [-0.2, -0.15) is 10.2 Å². The molecular weight excluding hydrogens is 486 g/mol. The second kappa shape index (κ2) is 9.87. The van der Waals surface area contributed by atoms with Gasteiger partial charge in [0.15, 0.2) is 5.65 Å². The Labute approximate surface area is 210 Å². The Morgan fingerprint density at radius 1 is 1.11 bits per heavy atom. The number of amides is 1. The second-order valence-corrected chi connectivity index (χ2v) is 8.68. The molecule has 0 atom stereocenters. The highest BCUT2D eigenvalue weighted by atomic mass is 35.5. The van der Waals surface area contributed by atoms with Crippen LogP contribution in [-0.4, -0.2) is 30.5 Å². The fourth-order valence-electron chi connectivity index (χ4n) is 4.08. The zero-order chi connectivity index (χ0) is 25.2. The van der Waals surface area contributed by atoms with Crippen molar-refractivity contribution in [3.05, 3.63) is 94.9 Å². The van der Waals surface area contributed by atoms with Crippen molar-refractivity contribution >= 4 is 34.2 Å². The van der Waals surface area contributed by atoms with Gasteiger partial charge in [-0.15, -0.1) is 0 Å². The van der Waals surface area contributed by atoms with Gasteiger partial charge >= 0.3 is 0 Å². The molecule has 3 aromatic heterocycles. The molecule has 10 heteroatoms. The first-order chi connectivity index (χ1) is 17.4. The quantitative estimate of drug-likeness (QED) is 0.299. The molecule has 182 valence electrons. The molecule has 0 saturated heterocycles. The van der Waals surface area contributed by atoms with E-state index in [-0.39, 0.29) is 29.0 Å². The fraction of sp³-hybridized carbons (Fsp3) is 0.154. The molecule has 0 fully saturated rings. The molecule has 5 rings (SSSR count). The van der Waals surface area contributed by atoms with Crippen LogP contribution >= 0.6 is 11.6 Å². The summed E-state index contributed by atoms with van der Waals surface area (Å²) in [4.78, 5) is 17.4. The molecule has 1 amide bonds. The molecule has 36 heavy (non-hydrogen) atoms. The molecule has 3 heterocycles. The first-order valence-electron chi connectivity index (χ1n) is 11.2. The number of aromatic nitrogens is 5. The van der Waals surface area contributed by atoms with Gasteiger partial charge < -0.3 is 5.32 Å². The second-order valence-electron chi connectivity index (χ2n) is 8.27. The van der Waals surface area contributed by atoms with E-state index in [0.29, 0.717) is 34.2 Å². The predicted octanol–water partition coefficient (Wildman–Crippen LogP) is 5.88. The van der Waals surface area contributed by atoms with E-state index in [0.717, 1.165) is 5.56 Å². The molecule has 5 aromatic rings. The Morgan fingerprint density at radius 2 is 1.86 bits per heavy atom. The van der Waals surface area contributed by atoms with Gasteiger partial charge in [0.2, 0.25) is 5.91 Å². The molecule has 0 saturated carbocycles. The average Bonchev–Trinajstić information content (AvgIpc) is 3.43. The molecular formula is C26H21ClF2N6O. The minimum absolute atomic E-state index is 0.163. The van der Waals surface area contributed by atoms with Crippen molar-refractivity contribution in [1.82, 2.24) is 24.5 Å². The standard InChI is InChI=1S/C26H21ClF2N6O/c1-16-24-20(25(28)29)11-22(17-7-3-2-4-8-17)32-26(24)35(33-16)15-23(36)31-19-12-30-34(14-19)13-18-9-5-6-10-21(18)27/h2-12,14,25H,13,15H2,1H3,(H,31,36). The van der Waals surface area contributed by atoms with Crippen molar-refractivity contribution in [1.29, 1.82) is 0 Å². The third-order valence-electron chi connectivity index (χ3n) is 5.71. The van der Waals surface area contributed by atoms with Gasteiger partial charge in [0.1, 0.15) is 6.54 Å². The summed E-state index contributed by atoms with van der Waals surface area (Å²) < 4.78 is 30.9. The number of rotatable bonds is 7. The van der Waals surface area contributed by atoms with Gasteiger partial charge in [-0.3, -0.25) is 9.48 Å². The molecule has 0 aliphatic carbocycles. The van der Waals surface area contributed by atoms with Crippen molar-refractivity contribution < 1.29 is 13.6 Å². The molecule has 2 aromatic carbocycles. The first-order valence-corrected chi connectivity index (χ1v) is 11.5. The van der Waals surface area contributed by atoms with Crippen molar-refractivity contribution in [2.24, 2.45) is 0 Å². The Hall–Kier alpha value is -4.11. The number of nitrogens with one attached hydrogen (secondary N) is 1. The van der Waals surface area contributed by atoms with Gasteiger partial charge in [-0.25, -0.2) is 18.4 Å². The molecule has 7 nitrogen and oxygen atoms in total. The topological polar surface area (TPSA) is 77.6 Å². The average molecular weight is 507 g/mol. The molecule has 1 N–H and O–H groups in total. The van der Waals surface area contributed by atoms with Crippen LogP contribution in [0.4, 0.5) is 14.5 Å². The maximum Gasteiger partial charge on any atom is 0.264 e. The highest BCUT2D eigenvalue weighted by molar-refractivity contribution is 6.31. The summed E-state index contributed by atoms with van der Waals surface area (Å²) in [6, 6.07) is 17.9. The summed E-state index contributed by atoms with van der Waals surface area (Å²) in [6.07, 6.45) is 0.503. The van der Waals surface area contributed by atoms with Crippen LogP contribution in [-0.2, 0) is 17.9 Å². The zero-order valence-electron chi connectivity index (χ0n) is 19.2. The number of alkyl halides is 2. The van der Waals surface area contributed by atoms with Crippen LogP contribution in [0, 0.1) is 6.92 Å². The SMILES string of the molecule is Cc1nn(CC(=O)Nc2cnn(Cc3ccccc3Cl)c2)c2nc(-c3ccccc3)cc(C(F)F)c12. The Morgan fingerprint density at radius 3 is 2.61 bits per heavy atom. The fourth-order valence-corrected chi connectivity index (χ4v) is 4.27. The summed E-state index contributed by atoms with van der Waals surface area (Å²) in [5.74, 6) is -0.387. The van der Waals surface area contributed by atoms with Crippen LogP contribution in [0.25, 0.3) is 22.3 Å². The summed E-state index contributed by atoms with van der Waals surface area (Å²) >= 11 is 6.21. The minimum Gasteiger partial charge on any atom is -0.322 e. The van der Waals surface area contributed by atoms with Gasteiger partial charge in [0.05, 0.1) is 35.2 Å². The molecule has 0 spiro atoms. The third-order valence-corrected chi connectivity index (χ3v) is 6.08. The molecule has 0 unspecified atom stereocenters. The molecule has 0 bridgehead atoms. The number of benzene rings is 2. The number of aryl methyl sites for hydroxylation is 1. The number of fused-ring (bicyclic) bond motifs is 1. The predicted molar refractivity (Wildman–Crippen MR) is 134 cm³/mol. The van der Waals surface area contributed by atoms with E-state index in [2.05, 4.69) is 20.5 Å². The van der Waals surface area contributed by atoms with E-state index < -0.39 is 6.43 Å². The summed E-state index contributed by atoms with van der Waals surface area (Å²) in [7, 11) is 0. The van der Waals surface area contributed by atoms with E-state index in [1.165, 1.54) is 16.9 Å². The minimum atomic E-state index is -2.72. The number of nitrogens with zero attached hydrogens (tertiary/aromatic N) is 5. The van der Waals surface area contributed by atoms with Gasteiger partial charge in [0, 0.05) is 22.3 Å².